The summed E-state index contributed by atoms with van der Waals surface area (Å²) in [5.41, 5.74) is 3.56. The molecule has 1 aromatic carbocycles. The molecule has 0 radical (unpaired) electrons. The zero-order chi connectivity index (χ0) is 12.7. The van der Waals surface area contributed by atoms with E-state index in [4.69, 9.17) is 0 Å². The summed E-state index contributed by atoms with van der Waals surface area (Å²) in [6.45, 7) is 11.7. The van der Waals surface area contributed by atoms with Gasteiger partial charge < -0.3 is 0 Å². The summed E-state index contributed by atoms with van der Waals surface area (Å²) in [4.78, 5) is 3.95. The zero-order valence-corrected chi connectivity index (χ0v) is 10.6. The molecule has 0 bridgehead atoms. The summed E-state index contributed by atoms with van der Waals surface area (Å²) >= 11 is 0. The Bertz CT molecular complexity index is 433. The van der Waals surface area contributed by atoms with Gasteiger partial charge in [-0.2, -0.15) is 0 Å². The highest BCUT2D eigenvalue weighted by molar-refractivity contribution is 5.88. The van der Waals surface area contributed by atoms with Crippen molar-refractivity contribution in [2.75, 3.05) is 0 Å². The maximum atomic E-state index is 3.95. The first-order valence-electron chi connectivity index (χ1n) is 5.76. The zero-order valence-electron chi connectivity index (χ0n) is 10.6. The van der Waals surface area contributed by atoms with Gasteiger partial charge in [0.15, 0.2) is 0 Å². The summed E-state index contributed by atoms with van der Waals surface area (Å²) in [5.74, 6) is 0.558. The number of hydrogen-bond acceptors (Lipinski definition) is 1. The molecule has 0 unspecified atom stereocenters. The van der Waals surface area contributed by atoms with Crippen molar-refractivity contribution in [2.45, 2.75) is 19.8 Å². The molecule has 0 spiro atoms. The van der Waals surface area contributed by atoms with E-state index >= 15 is 0 Å². The summed E-state index contributed by atoms with van der Waals surface area (Å²) < 4.78 is 0. The van der Waals surface area contributed by atoms with Crippen LogP contribution in [0.4, 0.5) is 0 Å². The fourth-order valence-corrected chi connectivity index (χ4v) is 1.53. The number of rotatable bonds is 5. The Kier molecular flexibility index (Phi) is 5.15. The highest BCUT2D eigenvalue weighted by Crippen LogP contribution is 2.19. The van der Waals surface area contributed by atoms with Crippen molar-refractivity contribution in [3.05, 3.63) is 66.9 Å². The molecule has 0 aliphatic rings. The van der Waals surface area contributed by atoms with E-state index in [-0.39, 0.29) is 0 Å². The second kappa shape index (κ2) is 6.64. The second-order valence-corrected chi connectivity index (χ2v) is 4.08. The largest absolute Gasteiger partial charge is 0.265 e. The molecule has 88 valence electrons. The molecule has 1 heteroatoms. The van der Waals surface area contributed by atoms with Crippen LogP contribution in [-0.2, 0) is 0 Å². The molecule has 1 nitrogen and oxygen atoms in total. The molecule has 0 aliphatic carbocycles. The summed E-state index contributed by atoms with van der Waals surface area (Å²) in [6, 6.07) is 8.54. The normalized spacial score (nSPS) is 12.1. The Balaban J connectivity index is 2.97. The molecule has 0 saturated heterocycles. The number of nitrogens with zero attached hydrogens (tertiary/aromatic N) is 1. The van der Waals surface area contributed by atoms with Gasteiger partial charge in [-0.3, -0.25) is 4.99 Å². The maximum absolute atomic E-state index is 3.95. The number of hydrogen-bond donors (Lipinski definition) is 0. The lowest BCUT2D eigenvalue weighted by molar-refractivity contribution is 0.866. The molecular formula is C16H19N. The van der Waals surface area contributed by atoms with Gasteiger partial charge in [0.25, 0.3) is 0 Å². The van der Waals surface area contributed by atoms with E-state index in [0.29, 0.717) is 5.92 Å². The van der Waals surface area contributed by atoms with Crippen molar-refractivity contribution in [3.8, 4) is 0 Å². The van der Waals surface area contributed by atoms with Crippen LogP contribution in [0.3, 0.4) is 0 Å². The van der Waals surface area contributed by atoms with E-state index in [9.17, 15) is 0 Å². The minimum absolute atomic E-state index is 0.558. The molecule has 1 rings (SSSR count). The number of allylic oxidation sites excluding steroid dienone is 3. The predicted molar refractivity (Wildman–Crippen MR) is 77.4 cm³/mol. The molecule has 0 atom stereocenters. The van der Waals surface area contributed by atoms with E-state index in [0.717, 1.165) is 11.1 Å². The van der Waals surface area contributed by atoms with Crippen molar-refractivity contribution >= 4 is 11.8 Å². The average molecular weight is 225 g/mol. The topological polar surface area (TPSA) is 12.4 Å². The van der Waals surface area contributed by atoms with E-state index in [1.54, 1.807) is 6.21 Å². The molecule has 0 amide bonds. The maximum Gasteiger partial charge on any atom is 0.0273 e. The van der Waals surface area contributed by atoms with Gasteiger partial charge in [-0.15, -0.1) is 0 Å². The Hall–Kier alpha value is -1.89. The third-order valence-corrected chi connectivity index (χ3v) is 2.58. The highest BCUT2D eigenvalue weighted by atomic mass is 14.6. The summed E-state index contributed by atoms with van der Waals surface area (Å²) in [7, 11) is 0. The van der Waals surface area contributed by atoms with E-state index in [1.807, 2.05) is 12.2 Å². The minimum Gasteiger partial charge on any atom is -0.265 e. The van der Waals surface area contributed by atoms with Gasteiger partial charge in [0.2, 0.25) is 0 Å². The molecule has 0 saturated carbocycles. The van der Waals surface area contributed by atoms with E-state index in [1.165, 1.54) is 11.8 Å². The van der Waals surface area contributed by atoms with Gasteiger partial charge in [0, 0.05) is 12.4 Å². The van der Waals surface area contributed by atoms with E-state index < -0.39 is 0 Å². The number of benzene rings is 1. The van der Waals surface area contributed by atoms with E-state index in [2.05, 4.69) is 56.3 Å². The van der Waals surface area contributed by atoms with Crippen molar-refractivity contribution in [2.24, 2.45) is 4.99 Å². The van der Waals surface area contributed by atoms with Gasteiger partial charge in [-0.25, -0.2) is 0 Å². The van der Waals surface area contributed by atoms with Gasteiger partial charge in [-0.1, -0.05) is 57.3 Å². The first-order chi connectivity index (χ1) is 8.19. The van der Waals surface area contributed by atoms with Crippen molar-refractivity contribution in [3.63, 3.8) is 0 Å². The molecule has 0 N–H and O–H groups in total. The van der Waals surface area contributed by atoms with Crippen LogP contribution in [0.5, 0.6) is 0 Å². The fraction of sp³-hybridized carbons (Fsp3) is 0.188. The standard InChI is InChI=1S/C16H19N/c1-5-14(11-12-17-6-2)16-9-7-15(8-10-16)13(3)4/h5-13H,1-2H2,3-4H3/b14-11+,17-12-. The predicted octanol–water partition coefficient (Wildman–Crippen LogP) is 4.59. The first-order valence-corrected chi connectivity index (χ1v) is 5.76. The molecule has 0 fully saturated rings. The molecule has 0 aromatic heterocycles. The minimum atomic E-state index is 0.558. The molecular weight excluding hydrogens is 206 g/mol. The number of aliphatic imine (C=N–C) groups is 1. The third-order valence-electron chi connectivity index (χ3n) is 2.58. The monoisotopic (exact) mass is 225 g/mol. The summed E-state index contributed by atoms with van der Waals surface area (Å²) in [6.07, 6.45) is 7.00. The highest BCUT2D eigenvalue weighted by Gasteiger charge is 2.00. The molecule has 0 aliphatic heterocycles. The van der Waals surface area contributed by atoms with Crippen molar-refractivity contribution in [1.29, 1.82) is 0 Å². The van der Waals surface area contributed by atoms with Gasteiger partial charge in [0.1, 0.15) is 0 Å². The van der Waals surface area contributed by atoms with Crippen LogP contribution in [0.1, 0.15) is 30.9 Å². The molecule has 0 heterocycles. The van der Waals surface area contributed by atoms with Crippen molar-refractivity contribution in [1.82, 2.24) is 0 Å². The average Bonchev–Trinajstić information content (AvgIpc) is 2.35. The van der Waals surface area contributed by atoms with Crippen LogP contribution in [0.15, 0.2) is 60.8 Å². The first kappa shape index (κ1) is 13.2. The Morgan fingerprint density at radius 2 is 1.82 bits per heavy atom. The van der Waals surface area contributed by atoms with Crippen LogP contribution in [0.25, 0.3) is 5.57 Å². The fourth-order valence-electron chi connectivity index (χ4n) is 1.53. The lowest BCUT2D eigenvalue weighted by Crippen LogP contribution is -1.88. The Morgan fingerprint density at radius 3 is 2.29 bits per heavy atom. The van der Waals surface area contributed by atoms with Crippen LogP contribution < -0.4 is 0 Å². The van der Waals surface area contributed by atoms with Gasteiger partial charge in [-0.05, 0) is 28.7 Å². The Labute approximate surface area is 104 Å². The van der Waals surface area contributed by atoms with Gasteiger partial charge >= 0.3 is 0 Å². The Morgan fingerprint density at radius 1 is 1.18 bits per heavy atom. The van der Waals surface area contributed by atoms with Crippen LogP contribution in [0.2, 0.25) is 0 Å². The van der Waals surface area contributed by atoms with Crippen LogP contribution >= 0.6 is 0 Å². The quantitative estimate of drug-likeness (QED) is 0.513. The molecule has 17 heavy (non-hydrogen) atoms. The third kappa shape index (κ3) is 3.87. The van der Waals surface area contributed by atoms with Crippen LogP contribution in [-0.4, -0.2) is 6.21 Å². The van der Waals surface area contributed by atoms with Crippen molar-refractivity contribution < 1.29 is 0 Å². The van der Waals surface area contributed by atoms with Gasteiger partial charge in [0.05, 0.1) is 0 Å². The lowest BCUT2D eigenvalue weighted by atomic mass is 9.99. The summed E-state index contributed by atoms with van der Waals surface area (Å²) in [5, 5.41) is 0. The lowest BCUT2D eigenvalue weighted by Gasteiger charge is -2.07. The smallest absolute Gasteiger partial charge is 0.0273 e. The molecule has 1 aromatic rings. The van der Waals surface area contributed by atoms with Crippen LogP contribution in [0, 0.1) is 0 Å². The second-order valence-electron chi connectivity index (χ2n) is 4.08. The SMILES string of the molecule is C=C/N=C\C=C(/C=C)c1ccc(C(C)C)cc1.